The topological polar surface area (TPSA) is 66.5 Å². The maximum absolute atomic E-state index is 4.06. The molecule has 2 heterocycles. The Morgan fingerprint density at radius 2 is 2.00 bits per heavy atom. The van der Waals surface area contributed by atoms with Crippen LogP contribution in [0.2, 0.25) is 0 Å². The van der Waals surface area contributed by atoms with E-state index in [1.807, 2.05) is 0 Å². The Balaban J connectivity index is 1.94. The first-order valence-corrected chi connectivity index (χ1v) is 3.94. The number of aromatic nitrogens is 4. The number of anilines is 1. The second-order valence-corrected chi connectivity index (χ2v) is 2.46. The molecule has 0 fully saturated rings. The van der Waals surface area contributed by atoms with Crippen molar-refractivity contribution in [3.05, 3.63) is 36.7 Å². The average molecular weight is 175 g/mol. The fraction of sp³-hybridized carbons (Fsp3) is 0.125. The highest BCUT2D eigenvalue weighted by Gasteiger charge is 1.95. The number of imidazole rings is 1. The summed E-state index contributed by atoms with van der Waals surface area (Å²) in [6, 6.07) is 1.78. The molecule has 0 radical (unpaired) electrons. The van der Waals surface area contributed by atoms with Crippen molar-refractivity contribution in [2.45, 2.75) is 6.54 Å². The molecule has 13 heavy (non-hydrogen) atoms. The van der Waals surface area contributed by atoms with Gasteiger partial charge in [-0.2, -0.15) is 0 Å². The monoisotopic (exact) mass is 175 g/mol. The highest BCUT2D eigenvalue weighted by molar-refractivity contribution is 5.22. The lowest BCUT2D eigenvalue weighted by atomic mass is 10.6. The van der Waals surface area contributed by atoms with Crippen molar-refractivity contribution in [3.8, 4) is 0 Å². The van der Waals surface area contributed by atoms with Crippen molar-refractivity contribution in [1.29, 1.82) is 0 Å². The Labute approximate surface area is 75.3 Å². The predicted molar refractivity (Wildman–Crippen MR) is 47.9 cm³/mol. The summed E-state index contributed by atoms with van der Waals surface area (Å²) in [6.07, 6.45) is 6.88. The van der Waals surface area contributed by atoms with Gasteiger partial charge in [-0.15, -0.1) is 0 Å². The van der Waals surface area contributed by atoms with E-state index in [4.69, 9.17) is 0 Å². The van der Waals surface area contributed by atoms with Crippen LogP contribution < -0.4 is 5.32 Å². The fourth-order valence-corrected chi connectivity index (χ4v) is 0.948. The summed E-state index contributed by atoms with van der Waals surface area (Å²) < 4.78 is 0. The summed E-state index contributed by atoms with van der Waals surface area (Å²) >= 11 is 0. The van der Waals surface area contributed by atoms with Crippen LogP contribution in [0, 0.1) is 0 Å². The number of aromatic amines is 1. The number of nitrogens with one attached hydrogen (secondary N) is 2. The van der Waals surface area contributed by atoms with Gasteiger partial charge in [0.15, 0.2) is 0 Å². The number of H-pyrrole nitrogens is 1. The van der Waals surface area contributed by atoms with E-state index in [-0.39, 0.29) is 0 Å². The van der Waals surface area contributed by atoms with Gasteiger partial charge >= 0.3 is 0 Å². The molecule has 2 rings (SSSR count). The zero-order chi connectivity index (χ0) is 8.93. The molecule has 0 saturated carbocycles. The molecule has 0 amide bonds. The molecule has 2 N–H and O–H groups in total. The molecular formula is C8H9N5. The van der Waals surface area contributed by atoms with Crippen LogP contribution in [-0.2, 0) is 6.54 Å². The minimum absolute atomic E-state index is 0.608. The van der Waals surface area contributed by atoms with Crippen LogP contribution >= 0.6 is 0 Å². The molecule has 2 aromatic rings. The Bertz CT molecular complexity index is 342. The van der Waals surface area contributed by atoms with Crippen molar-refractivity contribution in [3.63, 3.8) is 0 Å². The van der Waals surface area contributed by atoms with Gasteiger partial charge in [0, 0.05) is 24.8 Å². The number of hydrogen-bond donors (Lipinski definition) is 2. The van der Waals surface area contributed by atoms with Gasteiger partial charge < -0.3 is 10.3 Å². The lowest BCUT2D eigenvalue weighted by Crippen LogP contribution is -2.03. The summed E-state index contributed by atoms with van der Waals surface area (Å²) in [6.45, 7) is 0.608. The first kappa shape index (κ1) is 7.72. The molecule has 0 aromatic carbocycles. The van der Waals surface area contributed by atoms with E-state index in [1.54, 1.807) is 30.9 Å². The standard InChI is InChI=1S/C8H9N5/c1-2-11-8(12-3-1)13-6-7-9-4-5-10-7/h1-5H,6H2,(H,9,10)(H,11,12,13). The van der Waals surface area contributed by atoms with Crippen LogP contribution in [0.5, 0.6) is 0 Å². The normalized spacial score (nSPS) is 9.85. The van der Waals surface area contributed by atoms with Crippen LogP contribution in [0.4, 0.5) is 5.95 Å². The van der Waals surface area contributed by atoms with Gasteiger partial charge in [0.1, 0.15) is 5.82 Å². The third-order valence-corrected chi connectivity index (χ3v) is 1.53. The summed E-state index contributed by atoms with van der Waals surface area (Å²) in [5, 5.41) is 3.03. The maximum Gasteiger partial charge on any atom is 0.222 e. The van der Waals surface area contributed by atoms with Crippen molar-refractivity contribution in [1.82, 2.24) is 19.9 Å². The first-order chi connectivity index (χ1) is 6.45. The summed E-state index contributed by atoms with van der Waals surface area (Å²) in [4.78, 5) is 15.1. The highest BCUT2D eigenvalue weighted by atomic mass is 15.1. The Morgan fingerprint density at radius 1 is 1.15 bits per heavy atom. The van der Waals surface area contributed by atoms with Gasteiger partial charge in [-0.05, 0) is 6.07 Å². The number of hydrogen-bond acceptors (Lipinski definition) is 4. The second-order valence-electron chi connectivity index (χ2n) is 2.46. The van der Waals surface area contributed by atoms with E-state index in [2.05, 4.69) is 25.3 Å². The van der Waals surface area contributed by atoms with Gasteiger partial charge in [-0.3, -0.25) is 0 Å². The average Bonchev–Trinajstić information content (AvgIpc) is 2.69. The molecule has 0 aliphatic heterocycles. The van der Waals surface area contributed by atoms with E-state index < -0.39 is 0 Å². The SMILES string of the molecule is c1cnc(NCc2ncc[nH]2)nc1. The molecule has 0 aliphatic rings. The molecule has 5 nitrogen and oxygen atoms in total. The quantitative estimate of drug-likeness (QED) is 0.724. The molecule has 5 heteroatoms. The summed E-state index contributed by atoms with van der Waals surface area (Å²) in [7, 11) is 0. The Hall–Kier alpha value is -1.91. The molecule has 66 valence electrons. The van der Waals surface area contributed by atoms with Crippen molar-refractivity contribution < 1.29 is 0 Å². The number of nitrogens with zero attached hydrogens (tertiary/aromatic N) is 3. The summed E-state index contributed by atoms with van der Waals surface area (Å²) in [5.74, 6) is 1.48. The van der Waals surface area contributed by atoms with Gasteiger partial charge in [0.2, 0.25) is 5.95 Å². The van der Waals surface area contributed by atoms with Gasteiger partial charge in [0.25, 0.3) is 0 Å². The van der Waals surface area contributed by atoms with Gasteiger partial charge in [-0.25, -0.2) is 15.0 Å². The molecule has 0 spiro atoms. The third kappa shape index (κ3) is 2.02. The zero-order valence-corrected chi connectivity index (χ0v) is 6.94. The van der Waals surface area contributed by atoms with Crippen molar-refractivity contribution in [2.75, 3.05) is 5.32 Å². The maximum atomic E-state index is 4.06. The lowest BCUT2D eigenvalue weighted by Gasteiger charge is -2.00. The van der Waals surface area contributed by atoms with E-state index in [1.165, 1.54) is 0 Å². The van der Waals surface area contributed by atoms with E-state index >= 15 is 0 Å². The lowest BCUT2D eigenvalue weighted by molar-refractivity contribution is 0.968. The highest BCUT2D eigenvalue weighted by Crippen LogP contribution is 1.96. The smallest absolute Gasteiger partial charge is 0.222 e. The number of rotatable bonds is 3. The minimum atomic E-state index is 0.608. The fourth-order valence-electron chi connectivity index (χ4n) is 0.948. The predicted octanol–water partition coefficient (Wildman–Crippen LogP) is 0.812. The second kappa shape index (κ2) is 3.66. The van der Waals surface area contributed by atoms with Crippen LogP contribution in [0.1, 0.15) is 5.82 Å². The van der Waals surface area contributed by atoms with Gasteiger partial charge in [0.05, 0.1) is 6.54 Å². The Kier molecular flexibility index (Phi) is 2.18. The van der Waals surface area contributed by atoms with Crippen LogP contribution in [0.15, 0.2) is 30.9 Å². The van der Waals surface area contributed by atoms with Crippen molar-refractivity contribution >= 4 is 5.95 Å². The first-order valence-electron chi connectivity index (χ1n) is 3.94. The van der Waals surface area contributed by atoms with E-state index in [0.717, 1.165) is 5.82 Å². The van der Waals surface area contributed by atoms with E-state index in [0.29, 0.717) is 12.5 Å². The summed E-state index contributed by atoms with van der Waals surface area (Å²) in [5.41, 5.74) is 0. The molecule has 0 aliphatic carbocycles. The minimum Gasteiger partial charge on any atom is -0.347 e. The molecule has 0 unspecified atom stereocenters. The van der Waals surface area contributed by atoms with Crippen LogP contribution in [0.3, 0.4) is 0 Å². The Morgan fingerprint density at radius 3 is 2.69 bits per heavy atom. The van der Waals surface area contributed by atoms with Crippen LogP contribution in [-0.4, -0.2) is 19.9 Å². The third-order valence-electron chi connectivity index (χ3n) is 1.53. The van der Waals surface area contributed by atoms with Crippen LogP contribution in [0.25, 0.3) is 0 Å². The molecular weight excluding hydrogens is 166 g/mol. The van der Waals surface area contributed by atoms with E-state index in [9.17, 15) is 0 Å². The van der Waals surface area contributed by atoms with Gasteiger partial charge in [-0.1, -0.05) is 0 Å². The molecule has 0 bridgehead atoms. The van der Waals surface area contributed by atoms with Crippen molar-refractivity contribution in [2.24, 2.45) is 0 Å². The zero-order valence-electron chi connectivity index (χ0n) is 6.94. The molecule has 0 saturated heterocycles. The molecule has 2 aromatic heterocycles. The largest absolute Gasteiger partial charge is 0.347 e. The molecule has 0 atom stereocenters.